The molecule has 1 heterocycles. The minimum atomic E-state index is -2.98. The topological polar surface area (TPSA) is 9.23 Å². The molecule has 1 saturated heterocycles. The van der Waals surface area contributed by atoms with E-state index in [1.54, 1.807) is 0 Å². The molecule has 0 spiro atoms. The van der Waals surface area contributed by atoms with Gasteiger partial charge in [-0.2, -0.15) is 0 Å². The molecule has 1 aliphatic rings. The molecule has 0 N–H and O–H groups in total. The normalized spacial score (nSPS) is 26.7. The van der Waals surface area contributed by atoms with E-state index in [-0.39, 0.29) is 0 Å². The van der Waals surface area contributed by atoms with E-state index in [1.165, 1.54) is 0 Å². The van der Waals surface area contributed by atoms with Crippen molar-refractivity contribution in [1.82, 2.24) is 0 Å². The summed E-state index contributed by atoms with van der Waals surface area (Å²) in [6.45, 7) is 0.394. The molecule has 0 aromatic heterocycles. The molecular weight excluding hydrogens is 145 g/mol. The molecule has 1 rings (SSSR count). The van der Waals surface area contributed by atoms with Gasteiger partial charge in [0.25, 0.3) is 6.43 Å². The average Bonchev–Trinajstić information content (AvgIpc) is 2.36. The van der Waals surface area contributed by atoms with E-state index in [0.29, 0.717) is 19.4 Å². The molecular formula is C6H8F3O. The van der Waals surface area contributed by atoms with Gasteiger partial charge >= 0.3 is 0 Å². The van der Waals surface area contributed by atoms with Crippen LogP contribution in [0.1, 0.15) is 12.8 Å². The largest absolute Gasteiger partial charge is 0.375 e. The summed E-state index contributed by atoms with van der Waals surface area (Å²) in [7, 11) is 0. The van der Waals surface area contributed by atoms with Crippen molar-refractivity contribution in [2.24, 2.45) is 0 Å². The van der Waals surface area contributed by atoms with Crippen molar-refractivity contribution in [3.05, 3.63) is 6.17 Å². The molecule has 0 aromatic carbocycles. The summed E-state index contributed by atoms with van der Waals surface area (Å²) in [5.74, 6) is 0. The standard InChI is InChI=1S/C6H8F3O/c7-5(6(8)9)4-2-1-3-10-4/h4,6H,1-3H2. The van der Waals surface area contributed by atoms with Crippen molar-refractivity contribution in [2.45, 2.75) is 25.4 Å². The van der Waals surface area contributed by atoms with Crippen LogP contribution in [0.3, 0.4) is 0 Å². The average molecular weight is 153 g/mol. The first-order valence-corrected chi connectivity index (χ1v) is 3.14. The zero-order valence-corrected chi connectivity index (χ0v) is 5.32. The molecule has 1 radical (unpaired) electrons. The number of halogens is 3. The molecule has 0 bridgehead atoms. The van der Waals surface area contributed by atoms with Gasteiger partial charge in [-0.3, -0.25) is 0 Å². The number of hydrogen-bond acceptors (Lipinski definition) is 1. The maximum absolute atomic E-state index is 12.3. The van der Waals surface area contributed by atoms with Crippen LogP contribution in [-0.4, -0.2) is 19.1 Å². The van der Waals surface area contributed by atoms with E-state index in [4.69, 9.17) is 0 Å². The van der Waals surface area contributed by atoms with Crippen LogP contribution in [0.5, 0.6) is 0 Å². The lowest BCUT2D eigenvalue weighted by Crippen LogP contribution is -2.19. The van der Waals surface area contributed by atoms with Crippen molar-refractivity contribution in [1.29, 1.82) is 0 Å². The first kappa shape index (κ1) is 7.85. The Morgan fingerprint density at radius 1 is 1.50 bits per heavy atom. The predicted octanol–water partition coefficient (Wildman–Crippen LogP) is 1.93. The van der Waals surface area contributed by atoms with Gasteiger partial charge in [-0.25, -0.2) is 13.2 Å². The van der Waals surface area contributed by atoms with E-state index in [0.717, 1.165) is 0 Å². The van der Waals surface area contributed by atoms with Gasteiger partial charge in [-0.05, 0) is 12.8 Å². The molecule has 1 atom stereocenters. The van der Waals surface area contributed by atoms with Crippen molar-refractivity contribution >= 4 is 0 Å². The van der Waals surface area contributed by atoms with Crippen LogP contribution in [0.4, 0.5) is 13.2 Å². The summed E-state index contributed by atoms with van der Waals surface area (Å²) in [4.78, 5) is 0. The van der Waals surface area contributed by atoms with E-state index < -0.39 is 18.7 Å². The summed E-state index contributed by atoms with van der Waals surface area (Å²) >= 11 is 0. The highest BCUT2D eigenvalue weighted by Crippen LogP contribution is 2.27. The van der Waals surface area contributed by atoms with Crippen molar-refractivity contribution < 1.29 is 17.9 Å². The molecule has 0 aliphatic carbocycles. The van der Waals surface area contributed by atoms with Gasteiger partial charge in [0.1, 0.15) is 6.10 Å². The SMILES string of the molecule is F[C](C(F)F)C1CCCO1. The molecule has 4 heteroatoms. The van der Waals surface area contributed by atoms with Crippen molar-refractivity contribution in [3.8, 4) is 0 Å². The van der Waals surface area contributed by atoms with Crippen LogP contribution in [0.25, 0.3) is 0 Å². The maximum atomic E-state index is 12.3. The third-order valence-corrected chi connectivity index (χ3v) is 1.45. The molecule has 0 aromatic rings. The molecule has 59 valence electrons. The van der Waals surface area contributed by atoms with Crippen LogP contribution in [0, 0.1) is 6.17 Å². The predicted molar refractivity (Wildman–Crippen MR) is 29.3 cm³/mol. The van der Waals surface area contributed by atoms with E-state index in [1.807, 2.05) is 0 Å². The van der Waals surface area contributed by atoms with E-state index >= 15 is 0 Å². The molecule has 1 nitrogen and oxygen atoms in total. The molecule has 0 amide bonds. The fourth-order valence-corrected chi connectivity index (χ4v) is 0.936. The van der Waals surface area contributed by atoms with Crippen molar-refractivity contribution in [3.63, 3.8) is 0 Å². The number of rotatable bonds is 2. The number of ether oxygens (including phenoxy) is 1. The van der Waals surface area contributed by atoms with Gasteiger partial charge in [-0.15, -0.1) is 0 Å². The highest BCUT2D eigenvalue weighted by Gasteiger charge is 2.34. The van der Waals surface area contributed by atoms with E-state index in [9.17, 15) is 13.2 Å². The van der Waals surface area contributed by atoms with Crippen LogP contribution < -0.4 is 0 Å². The Morgan fingerprint density at radius 2 is 2.20 bits per heavy atom. The minimum absolute atomic E-state index is 0.385. The van der Waals surface area contributed by atoms with Gasteiger partial charge < -0.3 is 4.74 Å². The fourth-order valence-electron chi connectivity index (χ4n) is 0.936. The van der Waals surface area contributed by atoms with Gasteiger partial charge in [0.05, 0.1) is 0 Å². The second-order valence-corrected chi connectivity index (χ2v) is 2.19. The monoisotopic (exact) mass is 153 g/mol. The van der Waals surface area contributed by atoms with Crippen LogP contribution in [0.2, 0.25) is 0 Å². The van der Waals surface area contributed by atoms with Crippen LogP contribution in [0.15, 0.2) is 0 Å². The van der Waals surface area contributed by atoms with Crippen molar-refractivity contribution in [2.75, 3.05) is 6.61 Å². The highest BCUT2D eigenvalue weighted by atomic mass is 19.3. The molecule has 1 aliphatic heterocycles. The quantitative estimate of drug-likeness (QED) is 0.589. The maximum Gasteiger partial charge on any atom is 0.278 e. The Bertz CT molecular complexity index is 101. The lowest BCUT2D eigenvalue weighted by atomic mass is 10.1. The van der Waals surface area contributed by atoms with Gasteiger partial charge in [0, 0.05) is 6.61 Å². The Balaban J connectivity index is 2.32. The minimum Gasteiger partial charge on any atom is -0.375 e. The van der Waals surface area contributed by atoms with Crippen LogP contribution in [-0.2, 0) is 4.74 Å². The Morgan fingerprint density at radius 3 is 2.60 bits per heavy atom. The first-order chi connectivity index (χ1) is 4.72. The summed E-state index contributed by atoms with van der Waals surface area (Å²) in [5, 5.41) is 0. The zero-order chi connectivity index (χ0) is 7.56. The second kappa shape index (κ2) is 3.23. The first-order valence-electron chi connectivity index (χ1n) is 3.14. The molecule has 1 fully saturated rings. The van der Waals surface area contributed by atoms with Crippen LogP contribution >= 0.6 is 0 Å². The highest BCUT2D eigenvalue weighted by molar-refractivity contribution is 4.91. The van der Waals surface area contributed by atoms with E-state index in [2.05, 4.69) is 4.74 Å². The molecule has 1 unspecified atom stereocenters. The fraction of sp³-hybridized carbons (Fsp3) is 0.833. The Hall–Kier alpha value is -0.250. The Kier molecular flexibility index (Phi) is 2.54. The smallest absolute Gasteiger partial charge is 0.278 e. The summed E-state index contributed by atoms with van der Waals surface area (Å²) in [6, 6.07) is 0. The van der Waals surface area contributed by atoms with Gasteiger partial charge in [-0.1, -0.05) is 0 Å². The lowest BCUT2D eigenvalue weighted by molar-refractivity contribution is 0.0216. The number of alkyl halides is 2. The summed E-state index contributed by atoms with van der Waals surface area (Å²) < 4.78 is 40.1. The second-order valence-electron chi connectivity index (χ2n) is 2.19. The zero-order valence-electron chi connectivity index (χ0n) is 5.32. The van der Waals surface area contributed by atoms with Gasteiger partial charge in [0.2, 0.25) is 6.17 Å². The third-order valence-electron chi connectivity index (χ3n) is 1.45. The van der Waals surface area contributed by atoms with Gasteiger partial charge in [0.15, 0.2) is 0 Å². The Labute approximate surface area is 57.2 Å². The lowest BCUT2D eigenvalue weighted by Gasteiger charge is -2.11. The molecule has 0 saturated carbocycles. The summed E-state index contributed by atoms with van der Waals surface area (Å²) in [5.41, 5.74) is 0. The third kappa shape index (κ3) is 1.62. The molecule has 10 heavy (non-hydrogen) atoms. The summed E-state index contributed by atoms with van der Waals surface area (Å²) in [6.07, 6.45) is -4.19. The number of hydrogen-bond donors (Lipinski definition) is 0.